The summed E-state index contributed by atoms with van der Waals surface area (Å²) >= 11 is 0. The number of hydrogen-bond acceptors (Lipinski definition) is 5. The zero-order chi connectivity index (χ0) is 18.5. The average Bonchev–Trinajstić information content (AvgIpc) is 3.29. The molecule has 3 rings (SSSR count). The van der Waals surface area contributed by atoms with Crippen LogP contribution in [0.3, 0.4) is 0 Å². The van der Waals surface area contributed by atoms with Gasteiger partial charge in [-0.25, -0.2) is 9.48 Å². The van der Waals surface area contributed by atoms with E-state index in [0.717, 1.165) is 0 Å². The number of aromatic nitrogens is 4. The van der Waals surface area contributed by atoms with Gasteiger partial charge in [0.2, 0.25) is 0 Å². The zero-order valence-electron chi connectivity index (χ0n) is 14.5. The lowest BCUT2D eigenvalue weighted by Crippen LogP contribution is -2.21. The van der Waals surface area contributed by atoms with E-state index in [1.165, 1.54) is 10.9 Å². The van der Waals surface area contributed by atoms with Crippen molar-refractivity contribution in [2.75, 3.05) is 11.9 Å². The van der Waals surface area contributed by atoms with Gasteiger partial charge in [0.15, 0.2) is 5.82 Å². The molecule has 0 unspecified atom stereocenters. The molecular weight excluding hydrogens is 334 g/mol. The third-order valence-electron chi connectivity index (χ3n) is 3.75. The van der Waals surface area contributed by atoms with Gasteiger partial charge in [-0.2, -0.15) is 10.2 Å². The lowest BCUT2D eigenvalue weighted by molar-refractivity contribution is 0.0527. The fourth-order valence-corrected chi connectivity index (χ4v) is 2.54. The summed E-state index contributed by atoms with van der Waals surface area (Å²) in [5.41, 5.74) is 1.29. The van der Waals surface area contributed by atoms with Crippen LogP contribution in [0.5, 0.6) is 0 Å². The van der Waals surface area contributed by atoms with Crippen LogP contribution < -0.4 is 5.32 Å². The maximum absolute atomic E-state index is 12.7. The van der Waals surface area contributed by atoms with Gasteiger partial charge in [-0.05, 0) is 32.0 Å². The van der Waals surface area contributed by atoms with Crippen molar-refractivity contribution in [1.82, 2.24) is 19.6 Å². The van der Waals surface area contributed by atoms with Crippen molar-refractivity contribution in [3.05, 3.63) is 60.0 Å². The molecule has 0 atom stereocenters. The molecule has 0 spiro atoms. The summed E-state index contributed by atoms with van der Waals surface area (Å²) in [7, 11) is 0. The molecule has 8 heteroatoms. The summed E-state index contributed by atoms with van der Waals surface area (Å²) in [5.74, 6) is -0.676. The first-order chi connectivity index (χ1) is 12.7. The summed E-state index contributed by atoms with van der Waals surface area (Å²) in [4.78, 5) is 25.0. The number of ether oxygens (including phenoxy) is 1. The SMILES string of the molecule is CCOC(=O)c1cnn(-c2ccccc2)c1NC(=O)c1ccnn1CC. The molecule has 3 aromatic rings. The Balaban J connectivity index is 2.01. The van der Waals surface area contributed by atoms with Crippen LogP contribution in [-0.4, -0.2) is 38.0 Å². The van der Waals surface area contributed by atoms with Crippen LogP contribution in [-0.2, 0) is 11.3 Å². The monoisotopic (exact) mass is 353 g/mol. The number of para-hydroxylation sites is 1. The molecule has 0 fully saturated rings. The maximum Gasteiger partial charge on any atom is 0.343 e. The van der Waals surface area contributed by atoms with Crippen molar-refractivity contribution < 1.29 is 14.3 Å². The number of nitrogens with zero attached hydrogens (tertiary/aromatic N) is 4. The number of carbonyl (C=O) groups excluding carboxylic acids is 2. The van der Waals surface area contributed by atoms with Crippen LogP contribution in [0.15, 0.2) is 48.8 Å². The maximum atomic E-state index is 12.7. The number of nitrogens with one attached hydrogen (secondary N) is 1. The van der Waals surface area contributed by atoms with Gasteiger partial charge < -0.3 is 10.1 Å². The third kappa shape index (κ3) is 3.34. The summed E-state index contributed by atoms with van der Waals surface area (Å²) < 4.78 is 8.14. The molecule has 0 aliphatic rings. The van der Waals surface area contributed by atoms with E-state index in [4.69, 9.17) is 4.74 Å². The fourth-order valence-electron chi connectivity index (χ4n) is 2.54. The van der Waals surface area contributed by atoms with Gasteiger partial charge in [0.1, 0.15) is 11.3 Å². The zero-order valence-corrected chi connectivity index (χ0v) is 14.5. The summed E-state index contributed by atoms with van der Waals surface area (Å²) in [6.45, 7) is 4.39. The standard InChI is InChI=1S/C18H19N5O3/c1-3-22-15(10-11-19-22)17(24)21-16-14(18(25)26-4-2)12-20-23(16)13-8-6-5-7-9-13/h5-12H,3-4H2,1-2H3,(H,21,24). The molecule has 0 aliphatic heterocycles. The van der Waals surface area contributed by atoms with Crippen molar-refractivity contribution in [3.8, 4) is 5.69 Å². The number of amides is 1. The normalized spacial score (nSPS) is 10.5. The Hall–Kier alpha value is -3.42. The van der Waals surface area contributed by atoms with Crippen LogP contribution in [0.1, 0.15) is 34.7 Å². The van der Waals surface area contributed by atoms with Crippen molar-refractivity contribution >= 4 is 17.7 Å². The minimum absolute atomic E-state index is 0.187. The van der Waals surface area contributed by atoms with E-state index in [0.29, 0.717) is 17.9 Å². The molecule has 1 aromatic carbocycles. The Bertz CT molecular complexity index is 914. The quantitative estimate of drug-likeness (QED) is 0.688. The minimum atomic E-state index is -0.547. The highest BCUT2D eigenvalue weighted by Gasteiger charge is 2.23. The Morgan fingerprint density at radius 1 is 1.12 bits per heavy atom. The second kappa shape index (κ2) is 7.64. The predicted octanol–water partition coefficient (Wildman–Crippen LogP) is 2.52. The topological polar surface area (TPSA) is 91.0 Å². The highest BCUT2D eigenvalue weighted by Crippen LogP contribution is 2.22. The first kappa shape index (κ1) is 17.4. The Morgan fingerprint density at radius 2 is 1.88 bits per heavy atom. The number of aryl methyl sites for hydroxylation is 1. The Kier molecular flexibility index (Phi) is 5.12. The highest BCUT2D eigenvalue weighted by molar-refractivity contribution is 6.06. The van der Waals surface area contributed by atoms with Crippen LogP contribution in [0.4, 0.5) is 5.82 Å². The van der Waals surface area contributed by atoms with Gasteiger partial charge in [-0.1, -0.05) is 18.2 Å². The van der Waals surface area contributed by atoms with Crippen LogP contribution in [0.2, 0.25) is 0 Å². The van der Waals surface area contributed by atoms with E-state index >= 15 is 0 Å². The van der Waals surface area contributed by atoms with Gasteiger partial charge in [0, 0.05) is 12.7 Å². The van der Waals surface area contributed by atoms with Gasteiger partial charge in [0.25, 0.3) is 5.91 Å². The summed E-state index contributed by atoms with van der Waals surface area (Å²) in [6, 6.07) is 10.8. The number of anilines is 1. The molecule has 0 radical (unpaired) electrons. The van der Waals surface area contributed by atoms with E-state index in [9.17, 15) is 9.59 Å². The molecular formula is C18H19N5O3. The molecule has 0 bridgehead atoms. The number of benzene rings is 1. The van der Waals surface area contributed by atoms with Crippen molar-refractivity contribution in [2.24, 2.45) is 0 Å². The molecule has 8 nitrogen and oxygen atoms in total. The second-order valence-corrected chi connectivity index (χ2v) is 5.36. The summed E-state index contributed by atoms with van der Waals surface area (Å²) in [6.07, 6.45) is 2.94. The van der Waals surface area contributed by atoms with Gasteiger partial charge in [0.05, 0.1) is 18.5 Å². The Morgan fingerprint density at radius 3 is 2.58 bits per heavy atom. The molecule has 26 heavy (non-hydrogen) atoms. The smallest absolute Gasteiger partial charge is 0.343 e. The Labute approximate surface area is 150 Å². The largest absolute Gasteiger partial charge is 0.462 e. The average molecular weight is 353 g/mol. The lowest BCUT2D eigenvalue weighted by Gasteiger charge is -2.11. The molecule has 2 heterocycles. The van der Waals surface area contributed by atoms with Gasteiger partial charge >= 0.3 is 5.97 Å². The fraction of sp³-hybridized carbons (Fsp3) is 0.222. The first-order valence-electron chi connectivity index (χ1n) is 8.29. The molecule has 1 amide bonds. The molecule has 134 valence electrons. The molecule has 0 saturated carbocycles. The van der Waals surface area contributed by atoms with Crippen LogP contribution in [0.25, 0.3) is 5.69 Å². The predicted molar refractivity (Wildman–Crippen MR) is 95.4 cm³/mol. The molecule has 0 saturated heterocycles. The highest BCUT2D eigenvalue weighted by atomic mass is 16.5. The first-order valence-corrected chi connectivity index (χ1v) is 8.29. The van der Waals surface area contributed by atoms with Gasteiger partial charge in [-0.15, -0.1) is 0 Å². The van der Waals surface area contributed by atoms with Crippen LogP contribution in [0, 0.1) is 0 Å². The minimum Gasteiger partial charge on any atom is -0.462 e. The number of hydrogen-bond donors (Lipinski definition) is 1. The third-order valence-corrected chi connectivity index (χ3v) is 3.75. The number of carbonyl (C=O) groups is 2. The number of rotatable bonds is 6. The summed E-state index contributed by atoms with van der Waals surface area (Å²) in [5, 5.41) is 11.1. The van der Waals surface area contributed by atoms with E-state index in [-0.39, 0.29) is 23.9 Å². The van der Waals surface area contributed by atoms with E-state index in [1.54, 1.807) is 23.9 Å². The molecule has 2 aromatic heterocycles. The number of esters is 1. The van der Waals surface area contributed by atoms with Crippen LogP contribution >= 0.6 is 0 Å². The van der Waals surface area contributed by atoms with E-state index in [2.05, 4.69) is 15.5 Å². The van der Waals surface area contributed by atoms with Crippen molar-refractivity contribution in [1.29, 1.82) is 0 Å². The van der Waals surface area contributed by atoms with Crippen molar-refractivity contribution in [2.45, 2.75) is 20.4 Å². The second-order valence-electron chi connectivity index (χ2n) is 5.36. The van der Waals surface area contributed by atoms with Crippen molar-refractivity contribution in [3.63, 3.8) is 0 Å². The lowest BCUT2D eigenvalue weighted by atomic mass is 10.3. The van der Waals surface area contributed by atoms with Gasteiger partial charge in [-0.3, -0.25) is 9.48 Å². The van der Waals surface area contributed by atoms with E-state index in [1.807, 2.05) is 37.3 Å². The van der Waals surface area contributed by atoms with E-state index < -0.39 is 5.97 Å². The molecule has 1 N–H and O–H groups in total. The molecule has 0 aliphatic carbocycles.